The summed E-state index contributed by atoms with van der Waals surface area (Å²) in [5.74, 6) is -0.418. The van der Waals surface area contributed by atoms with Crippen molar-refractivity contribution in [3.05, 3.63) is 41.5 Å². The molecule has 0 aliphatic heterocycles. The predicted molar refractivity (Wildman–Crippen MR) is 53.7 cm³/mol. The van der Waals surface area contributed by atoms with Crippen LogP contribution in [0, 0.1) is 12.7 Å². The average Bonchev–Trinajstić information content (AvgIpc) is 2.71. The number of aromatic amines is 1. The normalized spacial score (nSPS) is 11.1. The molecule has 0 atom stereocenters. The number of hydrogen-bond donors (Lipinski definition) is 1. The summed E-state index contributed by atoms with van der Waals surface area (Å²) in [7, 11) is 0. The highest BCUT2D eigenvalue weighted by Gasteiger charge is 2.17. The predicted octanol–water partition coefficient (Wildman–Crippen LogP) is 3.46. The number of aryl methyl sites for hydroxylation is 1. The van der Waals surface area contributed by atoms with Crippen molar-refractivity contribution < 1.29 is 13.2 Å². The first-order valence-electron chi connectivity index (χ1n) is 4.68. The minimum absolute atomic E-state index is 0.230. The Kier molecular flexibility index (Phi) is 2.68. The molecule has 0 bridgehead atoms. The Balaban J connectivity index is 2.50. The molecule has 1 heterocycles. The largest absolute Gasteiger partial charge is 0.285 e. The molecule has 0 fully saturated rings. The first kappa shape index (κ1) is 10.7. The highest BCUT2D eigenvalue weighted by Crippen LogP contribution is 2.29. The van der Waals surface area contributed by atoms with Crippen LogP contribution in [0.2, 0.25) is 0 Å². The van der Waals surface area contributed by atoms with Crippen LogP contribution in [0.1, 0.15) is 17.7 Å². The smallest absolute Gasteiger partial charge is 0.282 e. The van der Waals surface area contributed by atoms with E-state index < -0.39 is 12.2 Å². The van der Waals surface area contributed by atoms with Crippen molar-refractivity contribution in [2.24, 2.45) is 0 Å². The Labute approximate surface area is 90.1 Å². The number of benzene rings is 1. The molecule has 5 heteroatoms. The van der Waals surface area contributed by atoms with Gasteiger partial charge in [0.05, 0.1) is 0 Å². The van der Waals surface area contributed by atoms with Gasteiger partial charge in [-0.15, -0.1) is 0 Å². The number of H-pyrrole nitrogens is 1. The SMILES string of the molecule is Cc1ccc(-c2c[nH]nc2C(F)F)cc1F. The molecule has 1 aromatic heterocycles. The van der Waals surface area contributed by atoms with E-state index in [1.165, 1.54) is 12.3 Å². The number of hydrogen-bond acceptors (Lipinski definition) is 1. The third kappa shape index (κ3) is 1.80. The first-order valence-corrected chi connectivity index (χ1v) is 4.68. The number of aromatic nitrogens is 2. The summed E-state index contributed by atoms with van der Waals surface area (Å²) in [6.07, 6.45) is -1.34. The molecule has 0 unspecified atom stereocenters. The van der Waals surface area contributed by atoms with Crippen LogP contribution in [-0.2, 0) is 0 Å². The molecule has 0 radical (unpaired) electrons. The average molecular weight is 226 g/mol. The van der Waals surface area contributed by atoms with Crippen LogP contribution in [0.3, 0.4) is 0 Å². The second-order valence-electron chi connectivity index (χ2n) is 3.45. The third-order valence-corrected chi connectivity index (χ3v) is 2.36. The van der Waals surface area contributed by atoms with Gasteiger partial charge in [-0.2, -0.15) is 5.10 Å². The molecular weight excluding hydrogens is 217 g/mol. The van der Waals surface area contributed by atoms with E-state index in [2.05, 4.69) is 10.2 Å². The van der Waals surface area contributed by atoms with Crippen LogP contribution >= 0.6 is 0 Å². The summed E-state index contributed by atoms with van der Waals surface area (Å²) in [5.41, 5.74) is 0.746. The lowest BCUT2D eigenvalue weighted by Gasteiger charge is -2.03. The number of alkyl halides is 2. The second kappa shape index (κ2) is 4.00. The number of nitrogens with zero attached hydrogens (tertiary/aromatic N) is 1. The monoisotopic (exact) mass is 226 g/mol. The zero-order chi connectivity index (χ0) is 11.7. The molecule has 1 aromatic carbocycles. The van der Waals surface area contributed by atoms with Gasteiger partial charge in [0.1, 0.15) is 11.5 Å². The molecular formula is C11H9F3N2. The summed E-state index contributed by atoms with van der Waals surface area (Å²) in [6.45, 7) is 1.61. The summed E-state index contributed by atoms with van der Waals surface area (Å²) in [5, 5.41) is 5.81. The van der Waals surface area contributed by atoms with Crippen LogP contribution in [0.25, 0.3) is 11.1 Å². The summed E-state index contributed by atoms with van der Waals surface area (Å²) in [6, 6.07) is 4.37. The molecule has 0 saturated heterocycles. The van der Waals surface area contributed by atoms with Gasteiger partial charge in [0.25, 0.3) is 6.43 Å². The molecule has 2 rings (SSSR count). The van der Waals surface area contributed by atoms with Crippen molar-refractivity contribution >= 4 is 0 Å². The molecule has 0 aliphatic rings. The van der Waals surface area contributed by atoms with Crippen LogP contribution < -0.4 is 0 Å². The molecule has 16 heavy (non-hydrogen) atoms. The molecule has 1 N–H and O–H groups in total. The Hall–Kier alpha value is -1.78. The van der Waals surface area contributed by atoms with E-state index in [0.29, 0.717) is 11.1 Å². The van der Waals surface area contributed by atoms with Gasteiger partial charge >= 0.3 is 0 Å². The van der Waals surface area contributed by atoms with Crippen molar-refractivity contribution in [2.45, 2.75) is 13.3 Å². The van der Waals surface area contributed by atoms with Crippen molar-refractivity contribution in [1.82, 2.24) is 10.2 Å². The van der Waals surface area contributed by atoms with E-state index >= 15 is 0 Å². The van der Waals surface area contributed by atoms with Crippen molar-refractivity contribution in [1.29, 1.82) is 0 Å². The van der Waals surface area contributed by atoms with Gasteiger partial charge in [0.15, 0.2) is 0 Å². The fraction of sp³-hybridized carbons (Fsp3) is 0.182. The molecule has 0 spiro atoms. The van der Waals surface area contributed by atoms with Gasteiger partial charge in [0.2, 0.25) is 0 Å². The second-order valence-corrected chi connectivity index (χ2v) is 3.45. The number of halogens is 3. The van der Waals surface area contributed by atoms with Gasteiger partial charge in [0, 0.05) is 11.8 Å². The van der Waals surface area contributed by atoms with Crippen molar-refractivity contribution in [2.75, 3.05) is 0 Å². The Morgan fingerprint density at radius 3 is 2.69 bits per heavy atom. The fourth-order valence-electron chi connectivity index (χ4n) is 1.46. The van der Waals surface area contributed by atoms with Crippen LogP contribution in [0.5, 0.6) is 0 Å². The lowest BCUT2D eigenvalue weighted by molar-refractivity contribution is 0.146. The fourth-order valence-corrected chi connectivity index (χ4v) is 1.46. The minimum atomic E-state index is -2.68. The van der Waals surface area contributed by atoms with E-state index in [-0.39, 0.29) is 11.3 Å². The molecule has 0 aliphatic carbocycles. The summed E-state index contributed by atoms with van der Waals surface area (Å²) < 4.78 is 38.4. The van der Waals surface area contributed by atoms with Crippen LogP contribution in [-0.4, -0.2) is 10.2 Å². The zero-order valence-corrected chi connectivity index (χ0v) is 8.47. The van der Waals surface area contributed by atoms with Crippen LogP contribution in [0.15, 0.2) is 24.4 Å². The summed E-state index contributed by atoms with van der Waals surface area (Å²) >= 11 is 0. The van der Waals surface area contributed by atoms with Crippen LogP contribution in [0.4, 0.5) is 13.2 Å². The molecule has 84 valence electrons. The Morgan fingerprint density at radius 1 is 1.31 bits per heavy atom. The molecule has 2 aromatic rings. The minimum Gasteiger partial charge on any atom is -0.285 e. The molecule has 2 nitrogen and oxygen atoms in total. The molecule has 0 saturated carbocycles. The maximum absolute atomic E-state index is 13.3. The Bertz CT molecular complexity index is 506. The lowest BCUT2D eigenvalue weighted by Crippen LogP contribution is -1.90. The van der Waals surface area contributed by atoms with Gasteiger partial charge in [-0.25, -0.2) is 13.2 Å². The van der Waals surface area contributed by atoms with Gasteiger partial charge in [-0.05, 0) is 24.1 Å². The topological polar surface area (TPSA) is 28.7 Å². The highest BCUT2D eigenvalue weighted by molar-refractivity contribution is 5.65. The highest BCUT2D eigenvalue weighted by atomic mass is 19.3. The molecule has 0 amide bonds. The maximum Gasteiger partial charge on any atom is 0.282 e. The quantitative estimate of drug-likeness (QED) is 0.834. The van der Waals surface area contributed by atoms with E-state index in [4.69, 9.17) is 0 Å². The number of rotatable bonds is 2. The van der Waals surface area contributed by atoms with E-state index in [0.717, 1.165) is 0 Å². The Morgan fingerprint density at radius 2 is 2.06 bits per heavy atom. The van der Waals surface area contributed by atoms with Gasteiger partial charge < -0.3 is 0 Å². The maximum atomic E-state index is 13.3. The standard InChI is InChI=1S/C11H9F3N2/c1-6-2-3-7(4-9(6)12)8-5-15-16-10(8)11(13)14/h2-5,11H,1H3,(H,15,16). The van der Waals surface area contributed by atoms with E-state index in [9.17, 15) is 13.2 Å². The summed E-state index contributed by atoms with van der Waals surface area (Å²) in [4.78, 5) is 0. The first-order chi connectivity index (χ1) is 7.59. The number of nitrogens with one attached hydrogen (secondary N) is 1. The van der Waals surface area contributed by atoms with E-state index in [1.54, 1.807) is 19.1 Å². The van der Waals surface area contributed by atoms with Gasteiger partial charge in [-0.1, -0.05) is 12.1 Å². The van der Waals surface area contributed by atoms with Crippen molar-refractivity contribution in [3.63, 3.8) is 0 Å². The van der Waals surface area contributed by atoms with E-state index in [1.807, 2.05) is 0 Å². The lowest BCUT2D eigenvalue weighted by atomic mass is 10.0. The third-order valence-electron chi connectivity index (χ3n) is 2.36. The van der Waals surface area contributed by atoms with Gasteiger partial charge in [-0.3, -0.25) is 5.10 Å². The van der Waals surface area contributed by atoms with Crippen molar-refractivity contribution in [3.8, 4) is 11.1 Å². The zero-order valence-electron chi connectivity index (χ0n) is 8.47.